The molecule has 4 aliphatic carbocycles. The Morgan fingerprint density at radius 1 is 1.16 bits per heavy atom. The summed E-state index contributed by atoms with van der Waals surface area (Å²) >= 11 is 0. The first-order chi connectivity index (χ1) is 11.8. The average Bonchev–Trinajstić information content (AvgIpc) is 2.53. The van der Waals surface area contributed by atoms with Gasteiger partial charge in [-0.05, 0) is 80.6 Å². The summed E-state index contributed by atoms with van der Waals surface area (Å²) < 4.78 is 0. The number of benzene rings is 1. The number of carbonyl (C=O) groups is 1. The lowest BCUT2D eigenvalue weighted by molar-refractivity contribution is -0.133. The fourth-order valence-electron chi connectivity index (χ4n) is 6.59. The van der Waals surface area contributed by atoms with Crippen LogP contribution >= 0.6 is 0 Å². The molecule has 1 amide bonds. The molecule has 25 heavy (non-hydrogen) atoms. The van der Waals surface area contributed by atoms with Crippen LogP contribution in [0.25, 0.3) is 0 Å². The molecule has 5 rings (SSSR count). The number of nitrogens with one attached hydrogen (secondary N) is 1. The Labute approximate surface area is 151 Å². The van der Waals surface area contributed by atoms with Crippen LogP contribution in [0.3, 0.4) is 0 Å². The first-order valence-electron chi connectivity index (χ1n) is 9.81. The Hall–Kier alpha value is -1.35. The number of hydrogen-bond acceptors (Lipinski definition) is 2. The van der Waals surface area contributed by atoms with Crippen molar-refractivity contribution in [2.24, 2.45) is 17.3 Å². The van der Waals surface area contributed by atoms with Gasteiger partial charge in [0.05, 0.1) is 12.1 Å². The summed E-state index contributed by atoms with van der Waals surface area (Å²) in [5.74, 6) is 1.67. The van der Waals surface area contributed by atoms with Crippen LogP contribution in [-0.4, -0.2) is 23.2 Å². The number of aliphatic hydroxyl groups excluding tert-OH is 1. The van der Waals surface area contributed by atoms with Gasteiger partial charge in [-0.25, -0.2) is 0 Å². The molecule has 0 saturated heterocycles. The van der Waals surface area contributed by atoms with E-state index in [-0.39, 0.29) is 23.3 Å². The second-order valence-electron chi connectivity index (χ2n) is 9.87. The number of hydrogen-bond donors (Lipinski definition) is 2. The fourth-order valence-corrected chi connectivity index (χ4v) is 6.59. The highest BCUT2D eigenvalue weighted by Crippen LogP contribution is 2.66. The largest absolute Gasteiger partial charge is 0.394 e. The Balaban J connectivity index is 1.58. The topological polar surface area (TPSA) is 49.3 Å². The molecule has 4 bridgehead atoms. The van der Waals surface area contributed by atoms with E-state index >= 15 is 0 Å². The minimum absolute atomic E-state index is 0.0229. The Kier molecular flexibility index (Phi) is 3.99. The van der Waals surface area contributed by atoms with Crippen molar-refractivity contribution in [1.29, 1.82) is 0 Å². The molecule has 0 heterocycles. The quantitative estimate of drug-likeness (QED) is 0.856. The average molecular weight is 341 g/mol. The van der Waals surface area contributed by atoms with Crippen molar-refractivity contribution in [3.8, 4) is 0 Å². The van der Waals surface area contributed by atoms with Gasteiger partial charge < -0.3 is 10.4 Å². The monoisotopic (exact) mass is 341 g/mol. The molecule has 0 radical (unpaired) electrons. The smallest absolute Gasteiger partial charge is 0.221 e. The molecule has 2 N–H and O–H groups in total. The lowest BCUT2D eigenvalue weighted by Gasteiger charge is -2.62. The van der Waals surface area contributed by atoms with E-state index in [9.17, 15) is 9.90 Å². The Morgan fingerprint density at radius 2 is 1.80 bits per heavy atom. The normalized spacial score (nSPS) is 36.4. The van der Waals surface area contributed by atoms with E-state index in [1.54, 1.807) is 0 Å². The van der Waals surface area contributed by atoms with Crippen LogP contribution in [-0.2, 0) is 10.2 Å². The van der Waals surface area contributed by atoms with E-state index in [0.717, 1.165) is 18.3 Å². The highest BCUT2D eigenvalue weighted by atomic mass is 16.3. The van der Waals surface area contributed by atoms with Crippen LogP contribution in [0.2, 0.25) is 0 Å². The van der Waals surface area contributed by atoms with E-state index in [1.165, 1.54) is 37.7 Å². The van der Waals surface area contributed by atoms with Crippen LogP contribution < -0.4 is 5.32 Å². The summed E-state index contributed by atoms with van der Waals surface area (Å²) in [4.78, 5) is 12.7. The zero-order chi connectivity index (χ0) is 17.7. The second kappa shape index (κ2) is 5.84. The zero-order valence-corrected chi connectivity index (χ0v) is 15.6. The minimum Gasteiger partial charge on any atom is -0.394 e. The summed E-state index contributed by atoms with van der Waals surface area (Å²) in [5, 5.41) is 12.5. The third kappa shape index (κ3) is 3.12. The molecule has 1 aromatic rings. The highest BCUT2D eigenvalue weighted by Gasteiger charge is 2.58. The van der Waals surface area contributed by atoms with Gasteiger partial charge in [0.15, 0.2) is 0 Å². The third-order valence-electron chi connectivity index (χ3n) is 6.98. The van der Waals surface area contributed by atoms with Crippen molar-refractivity contribution in [2.75, 3.05) is 6.61 Å². The lowest BCUT2D eigenvalue weighted by atomic mass is 9.42. The number of rotatable bonds is 5. The fraction of sp³-hybridized carbons (Fsp3) is 0.682. The molecule has 1 aromatic carbocycles. The summed E-state index contributed by atoms with van der Waals surface area (Å²) in [5.41, 5.74) is 1.41. The third-order valence-corrected chi connectivity index (χ3v) is 6.98. The van der Waals surface area contributed by atoms with Crippen molar-refractivity contribution in [1.82, 2.24) is 5.32 Å². The predicted molar refractivity (Wildman–Crippen MR) is 99.2 cm³/mol. The van der Waals surface area contributed by atoms with Crippen molar-refractivity contribution in [2.45, 2.75) is 69.7 Å². The van der Waals surface area contributed by atoms with Gasteiger partial charge in [-0.3, -0.25) is 4.79 Å². The van der Waals surface area contributed by atoms with Crippen LogP contribution in [0.4, 0.5) is 0 Å². The van der Waals surface area contributed by atoms with Crippen molar-refractivity contribution in [3.63, 3.8) is 0 Å². The van der Waals surface area contributed by atoms with Gasteiger partial charge in [-0.15, -0.1) is 0 Å². The van der Waals surface area contributed by atoms with Gasteiger partial charge in [-0.2, -0.15) is 0 Å². The molecular formula is C22H31NO2. The summed E-state index contributed by atoms with van der Waals surface area (Å²) in [7, 11) is 0. The van der Waals surface area contributed by atoms with Crippen molar-refractivity contribution >= 4 is 5.91 Å². The molecule has 0 aliphatic heterocycles. The molecule has 2 unspecified atom stereocenters. The lowest BCUT2D eigenvalue weighted by Crippen LogP contribution is -2.56. The van der Waals surface area contributed by atoms with E-state index in [4.69, 9.17) is 0 Å². The maximum absolute atomic E-state index is 12.7. The Morgan fingerprint density at radius 3 is 2.40 bits per heavy atom. The Bertz CT molecular complexity index is 637. The molecule has 4 fully saturated rings. The van der Waals surface area contributed by atoms with Gasteiger partial charge >= 0.3 is 0 Å². The van der Waals surface area contributed by atoms with Gasteiger partial charge in [0, 0.05) is 6.42 Å². The molecule has 4 aliphatic rings. The van der Waals surface area contributed by atoms with Crippen molar-refractivity contribution < 1.29 is 9.90 Å². The first-order valence-corrected chi connectivity index (χ1v) is 9.81. The molecule has 4 saturated carbocycles. The van der Waals surface area contributed by atoms with E-state index in [0.29, 0.717) is 6.42 Å². The van der Waals surface area contributed by atoms with E-state index < -0.39 is 5.54 Å². The zero-order valence-electron chi connectivity index (χ0n) is 15.6. The number of carbonyl (C=O) groups excluding carboxylic acids is 1. The van der Waals surface area contributed by atoms with Crippen LogP contribution in [0, 0.1) is 17.3 Å². The molecular weight excluding hydrogens is 310 g/mol. The minimum atomic E-state index is -0.531. The van der Waals surface area contributed by atoms with Crippen LogP contribution in [0.15, 0.2) is 30.3 Å². The van der Waals surface area contributed by atoms with E-state index in [2.05, 4.69) is 35.6 Å². The maximum atomic E-state index is 12.7. The number of amides is 1. The van der Waals surface area contributed by atoms with Gasteiger partial charge in [0.1, 0.15) is 0 Å². The van der Waals surface area contributed by atoms with E-state index in [1.807, 2.05) is 13.8 Å². The second-order valence-corrected chi connectivity index (χ2v) is 9.87. The first kappa shape index (κ1) is 17.1. The SMILES string of the molecule is CC(C)(CO)NC(=O)CC12C[C@H]3C[C@@H](C1)CC(c1ccccc1)(C3)C2. The molecule has 0 aromatic heterocycles. The van der Waals surface area contributed by atoms with Crippen molar-refractivity contribution in [3.05, 3.63) is 35.9 Å². The number of aliphatic hydroxyl groups is 1. The standard InChI is InChI=1S/C22H31NO2/c1-20(2,15-24)23-19(25)13-21-9-16-8-17(10-21)12-22(11-16,14-21)18-6-4-3-5-7-18/h3-7,16-17,24H,8-15H2,1-2H3,(H,23,25)/t16-,17+,21?,22?. The molecule has 0 spiro atoms. The maximum Gasteiger partial charge on any atom is 0.221 e. The van der Waals surface area contributed by atoms with Crippen LogP contribution in [0.1, 0.15) is 64.4 Å². The summed E-state index contributed by atoms with van der Waals surface area (Å²) in [6, 6.07) is 11.0. The summed E-state index contributed by atoms with van der Waals surface area (Å²) in [6.45, 7) is 3.75. The van der Waals surface area contributed by atoms with Gasteiger partial charge in [0.25, 0.3) is 0 Å². The molecule has 3 heteroatoms. The molecule has 4 atom stereocenters. The van der Waals surface area contributed by atoms with Gasteiger partial charge in [-0.1, -0.05) is 30.3 Å². The predicted octanol–water partition coefficient (Wildman–Crippen LogP) is 3.80. The highest BCUT2D eigenvalue weighted by molar-refractivity contribution is 5.77. The molecule has 3 nitrogen and oxygen atoms in total. The van der Waals surface area contributed by atoms with Crippen LogP contribution in [0.5, 0.6) is 0 Å². The summed E-state index contributed by atoms with van der Waals surface area (Å²) in [6.07, 6.45) is 8.18. The van der Waals surface area contributed by atoms with Gasteiger partial charge in [0.2, 0.25) is 5.91 Å². The molecule has 136 valence electrons.